The fourth-order valence-electron chi connectivity index (χ4n) is 2.50. The van der Waals surface area contributed by atoms with Gasteiger partial charge in [-0.25, -0.2) is 0 Å². The van der Waals surface area contributed by atoms with Gasteiger partial charge < -0.3 is 19.5 Å². The smallest absolute Gasteiger partial charge is 0.251 e. The predicted octanol–water partition coefficient (Wildman–Crippen LogP) is 2.90. The lowest BCUT2D eigenvalue weighted by molar-refractivity contribution is 0.0951. The quantitative estimate of drug-likeness (QED) is 0.623. The van der Waals surface area contributed by atoms with Crippen LogP contribution in [0.1, 0.15) is 37.6 Å². The van der Waals surface area contributed by atoms with Crippen LogP contribution in [0.2, 0.25) is 0 Å². The van der Waals surface area contributed by atoms with Crippen LogP contribution in [0.15, 0.2) is 30.6 Å². The number of hydrogen-bond acceptors (Lipinski definition) is 5. The molecular weight excluding hydrogens is 334 g/mol. The number of carbonyl (C=O) groups excluding carboxylic acids is 1. The zero-order chi connectivity index (χ0) is 18.8. The maximum atomic E-state index is 12.5. The van der Waals surface area contributed by atoms with Gasteiger partial charge >= 0.3 is 0 Å². The van der Waals surface area contributed by atoms with Gasteiger partial charge in [0.1, 0.15) is 0 Å². The van der Waals surface area contributed by atoms with Crippen LogP contribution in [-0.4, -0.2) is 42.1 Å². The van der Waals surface area contributed by atoms with Crippen molar-refractivity contribution in [2.24, 2.45) is 0 Å². The highest BCUT2D eigenvalue weighted by atomic mass is 16.5. The van der Waals surface area contributed by atoms with Crippen LogP contribution in [0.3, 0.4) is 0 Å². The standard InChI is InChI=1S/C19H27N3O4/c1-4-24-16-13-15(14-17(25-5-2)18(16)26-6-3)19(23)20-9-7-11-22-12-8-10-21-22/h8,10,12-14H,4-7,9,11H2,1-3H3,(H,20,23). The van der Waals surface area contributed by atoms with Gasteiger partial charge in [0.2, 0.25) is 5.75 Å². The summed E-state index contributed by atoms with van der Waals surface area (Å²) in [6.07, 6.45) is 4.43. The molecule has 1 N–H and O–H groups in total. The molecule has 7 nitrogen and oxygen atoms in total. The molecule has 1 aromatic carbocycles. The fraction of sp³-hybridized carbons (Fsp3) is 0.474. The number of carbonyl (C=O) groups is 1. The summed E-state index contributed by atoms with van der Waals surface area (Å²) in [5.74, 6) is 1.39. The summed E-state index contributed by atoms with van der Waals surface area (Å²) >= 11 is 0. The lowest BCUT2D eigenvalue weighted by atomic mass is 10.1. The van der Waals surface area contributed by atoms with Crippen molar-refractivity contribution in [2.75, 3.05) is 26.4 Å². The molecule has 0 unspecified atom stereocenters. The van der Waals surface area contributed by atoms with E-state index in [2.05, 4.69) is 10.4 Å². The molecule has 0 saturated carbocycles. The van der Waals surface area contributed by atoms with Gasteiger partial charge in [0.05, 0.1) is 19.8 Å². The monoisotopic (exact) mass is 361 g/mol. The van der Waals surface area contributed by atoms with Crippen LogP contribution >= 0.6 is 0 Å². The summed E-state index contributed by atoms with van der Waals surface area (Å²) in [5, 5.41) is 7.06. The Hall–Kier alpha value is -2.70. The second-order valence-corrected chi connectivity index (χ2v) is 5.48. The summed E-state index contributed by atoms with van der Waals surface area (Å²) in [7, 11) is 0. The summed E-state index contributed by atoms with van der Waals surface area (Å²) in [5.41, 5.74) is 0.486. The van der Waals surface area contributed by atoms with Gasteiger partial charge in [0, 0.05) is 31.0 Å². The van der Waals surface area contributed by atoms with Gasteiger partial charge in [-0.3, -0.25) is 9.48 Å². The lowest BCUT2D eigenvalue weighted by Crippen LogP contribution is -2.25. The number of ether oxygens (including phenoxy) is 3. The molecule has 2 aromatic rings. The highest BCUT2D eigenvalue weighted by Gasteiger charge is 2.18. The van der Waals surface area contributed by atoms with Crippen LogP contribution < -0.4 is 19.5 Å². The zero-order valence-corrected chi connectivity index (χ0v) is 15.7. The molecule has 0 spiro atoms. The maximum Gasteiger partial charge on any atom is 0.251 e. The minimum absolute atomic E-state index is 0.171. The summed E-state index contributed by atoms with van der Waals surface area (Å²) < 4.78 is 18.8. The molecule has 1 aromatic heterocycles. The first-order valence-electron chi connectivity index (χ1n) is 9.01. The van der Waals surface area contributed by atoms with E-state index in [1.165, 1.54) is 0 Å². The van der Waals surface area contributed by atoms with E-state index in [1.807, 2.05) is 37.7 Å². The van der Waals surface area contributed by atoms with E-state index in [0.717, 1.165) is 13.0 Å². The van der Waals surface area contributed by atoms with Crippen molar-refractivity contribution in [2.45, 2.75) is 33.7 Å². The Morgan fingerprint density at radius 2 is 1.73 bits per heavy atom. The number of aromatic nitrogens is 2. The second kappa shape index (κ2) is 10.3. The molecule has 0 bridgehead atoms. The van der Waals surface area contributed by atoms with Gasteiger partial charge in [-0.05, 0) is 45.4 Å². The molecule has 26 heavy (non-hydrogen) atoms. The lowest BCUT2D eigenvalue weighted by Gasteiger charge is -2.17. The molecule has 1 amide bonds. The molecule has 0 aliphatic rings. The summed E-state index contributed by atoms with van der Waals surface area (Å²) in [4.78, 5) is 12.5. The van der Waals surface area contributed by atoms with E-state index in [-0.39, 0.29) is 5.91 Å². The molecule has 0 atom stereocenters. The third kappa shape index (κ3) is 5.40. The van der Waals surface area contributed by atoms with Gasteiger partial charge in [-0.2, -0.15) is 5.10 Å². The van der Waals surface area contributed by atoms with Crippen LogP contribution in [0.25, 0.3) is 0 Å². The molecule has 0 aliphatic heterocycles. The number of benzene rings is 1. The summed E-state index contributed by atoms with van der Waals surface area (Å²) in [6.45, 7) is 8.41. The van der Waals surface area contributed by atoms with Crippen LogP contribution in [-0.2, 0) is 6.54 Å². The number of rotatable bonds is 11. The number of nitrogens with one attached hydrogen (secondary N) is 1. The maximum absolute atomic E-state index is 12.5. The highest BCUT2D eigenvalue weighted by Crippen LogP contribution is 2.39. The number of amides is 1. The van der Waals surface area contributed by atoms with Gasteiger partial charge in [-0.15, -0.1) is 0 Å². The van der Waals surface area contributed by atoms with E-state index in [1.54, 1.807) is 18.3 Å². The highest BCUT2D eigenvalue weighted by molar-refractivity contribution is 5.95. The largest absolute Gasteiger partial charge is 0.490 e. The van der Waals surface area contributed by atoms with Gasteiger partial charge in [-0.1, -0.05) is 0 Å². The van der Waals surface area contributed by atoms with E-state index in [4.69, 9.17) is 14.2 Å². The molecule has 0 aliphatic carbocycles. The van der Waals surface area contributed by atoms with Gasteiger partial charge in [0.25, 0.3) is 5.91 Å². The van der Waals surface area contributed by atoms with E-state index in [0.29, 0.717) is 49.2 Å². The molecule has 2 rings (SSSR count). The second-order valence-electron chi connectivity index (χ2n) is 5.48. The first kappa shape index (κ1) is 19.6. The van der Waals surface area contributed by atoms with E-state index < -0.39 is 0 Å². The van der Waals surface area contributed by atoms with Crippen molar-refractivity contribution < 1.29 is 19.0 Å². The Morgan fingerprint density at radius 1 is 1.08 bits per heavy atom. The third-order valence-electron chi connectivity index (χ3n) is 3.58. The average molecular weight is 361 g/mol. The first-order valence-corrected chi connectivity index (χ1v) is 9.01. The first-order chi connectivity index (χ1) is 12.7. The molecule has 1 heterocycles. The van der Waals surface area contributed by atoms with Crippen molar-refractivity contribution in [3.8, 4) is 17.2 Å². The zero-order valence-electron chi connectivity index (χ0n) is 15.7. The normalized spacial score (nSPS) is 10.4. The Morgan fingerprint density at radius 3 is 2.27 bits per heavy atom. The van der Waals surface area contributed by atoms with Crippen LogP contribution in [0, 0.1) is 0 Å². The van der Waals surface area contributed by atoms with Crippen molar-refractivity contribution in [3.63, 3.8) is 0 Å². The number of nitrogens with zero attached hydrogens (tertiary/aromatic N) is 2. The predicted molar refractivity (Wildman–Crippen MR) is 99.1 cm³/mol. The van der Waals surface area contributed by atoms with Crippen LogP contribution in [0.5, 0.6) is 17.2 Å². The Labute approximate surface area is 154 Å². The topological polar surface area (TPSA) is 74.6 Å². The van der Waals surface area contributed by atoms with Crippen LogP contribution in [0.4, 0.5) is 0 Å². The Kier molecular flexibility index (Phi) is 7.79. The molecule has 0 radical (unpaired) electrons. The van der Waals surface area contributed by atoms with Crippen molar-refractivity contribution in [3.05, 3.63) is 36.2 Å². The average Bonchev–Trinajstić information content (AvgIpc) is 3.15. The minimum Gasteiger partial charge on any atom is -0.490 e. The molecule has 0 fully saturated rings. The number of aryl methyl sites for hydroxylation is 1. The Bertz CT molecular complexity index is 659. The molecule has 142 valence electrons. The Balaban J connectivity index is 2.06. The minimum atomic E-state index is -0.171. The van der Waals surface area contributed by atoms with Gasteiger partial charge in [0.15, 0.2) is 11.5 Å². The third-order valence-corrected chi connectivity index (χ3v) is 3.58. The molecular formula is C19H27N3O4. The SMILES string of the molecule is CCOc1cc(C(=O)NCCCn2cccn2)cc(OCC)c1OCC. The van der Waals surface area contributed by atoms with E-state index in [9.17, 15) is 4.79 Å². The number of hydrogen-bond donors (Lipinski definition) is 1. The van der Waals surface area contributed by atoms with E-state index >= 15 is 0 Å². The van der Waals surface area contributed by atoms with Crippen molar-refractivity contribution in [1.29, 1.82) is 0 Å². The van der Waals surface area contributed by atoms with Crippen molar-refractivity contribution in [1.82, 2.24) is 15.1 Å². The fourth-order valence-corrected chi connectivity index (χ4v) is 2.50. The summed E-state index contributed by atoms with van der Waals surface area (Å²) in [6, 6.07) is 5.27. The molecule has 7 heteroatoms. The van der Waals surface area contributed by atoms with Crippen molar-refractivity contribution >= 4 is 5.91 Å². The molecule has 0 saturated heterocycles.